The standard InChI is InChI=1S/C7H6ClF3/c8-6-3-1-5(2-4-6)7(9,10)11/h1,3H,2,4H2. The highest BCUT2D eigenvalue weighted by molar-refractivity contribution is 6.29. The third-order valence-electron chi connectivity index (χ3n) is 1.46. The van der Waals surface area contributed by atoms with E-state index in [9.17, 15) is 13.2 Å². The van der Waals surface area contributed by atoms with Gasteiger partial charge in [-0.15, -0.1) is 0 Å². The summed E-state index contributed by atoms with van der Waals surface area (Å²) < 4.78 is 35.8. The molecular weight excluding hydrogens is 177 g/mol. The van der Waals surface area contributed by atoms with Crippen molar-refractivity contribution in [1.29, 1.82) is 0 Å². The van der Waals surface area contributed by atoms with Crippen LogP contribution >= 0.6 is 11.6 Å². The Morgan fingerprint density at radius 3 is 2.18 bits per heavy atom. The van der Waals surface area contributed by atoms with E-state index >= 15 is 0 Å². The highest BCUT2D eigenvalue weighted by Crippen LogP contribution is 2.33. The molecule has 0 nitrogen and oxygen atoms in total. The van der Waals surface area contributed by atoms with Crippen LogP contribution in [0, 0.1) is 0 Å². The van der Waals surface area contributed by atoms with Crippen molar-refractivity contribution in [3.63, 3.8) is 0 Å². The van der Waals surface area contributed by atoms with Gasteiger partial charge in [-0.3, -0.25) is 0 Å². The number of hydrogen-bond acceptors (Lipinski definition) is 0. The molecular formula is C7H6ClF3. The molecule has 0 atom stereocenters. The maximum absolute atomic E-state index is 11.9. The SMILES string of the molecule is FC(F)(F)C1=CC=C(Cl)CC1. The van der Waals surface area contributed by atoms with E-state index in [2.05, 4.69) is 0 Å². The highest BCUT2D eigenvalue weighted by Gasteiger charge is 2.33. The molecule has 1 aliphatic rings. The molecule has 0 radical (unpaired) electrons. The molecule has 1 aliphatic carbocycles. The Bertz CT molecular complexity index is 212. The van der Waals surface area contributed by atoms with Crippen LogP contribution in [0.15, 0.2) is 22.8 Å². The lowest BCUT2D eigenvalue weighted by molar-refractivity contribution is -0.0940. The maximum Gasteiger partial charge on any atom is 0.412 e. The van der Waals surface area contributed by atoms with Gasteiger partial charge in [0.25, 0.3) is 0 Å². The third-order valence-corrected chi connectivity index (χ3v) is 1.78. The first kappa shape index (κ1) is 8.65. The fourth-order valence-electron chi connectivity index (χ4n) is 0.848. The molecule has 0 unspecified atom stereocenters. The average Bonchev–Trinajstić information content (AvgIpc) is 1.86. The Hall–Kier alpha value is -0.440. The van der Waals surface area contributed by atoms with Gasteiger partial charge in [0.2, 0.25) is 0 Å². The monoisotopic (exact) mass is 182 g/mol. The Morgan fingerprint density at radius 2 is 1.82 bits per heavy atom. The lowest BCUT2D eigenvalue weighted by atomic mass is 10.1. The van der Waals surface area contributed by atoms with Gasteiger partial charge >= 0.3 is 6.18 Å². The minimum absolute atomic E-state index is 0.00116. The number of halogens is 4. The number of alkyl halides is 3. The first-order valence-electron chi connectivity index (χ1n) is 3.12. The highest BCUT2D eigenvalue weighted by atomic mass is 35.5. The molecule has 0 aliphatic heterocycles. The molecule has 0 aromatic carbocycles. The van der Waals surface area contributed by atoms with Gasteiger partial charge < -0.3 is 0 Å². The zero-order valence-electron chi connectivity index (χ0n) is 5.58. The van der Waals surface area contributed by atoms with Crippen molar-refractivity contribution in [3.05, 3.63) is 22.8 Å². The summed E-state index contributed by atoms with van der Waals surface area (Å²) in [5, 5.41) is 0.484. The van der Waals surface area contributed by atoms with E-state index in [1.165, 1.54) is 6.08 Å². The van der Waals surface area contributed by atoms with E-state index in [0.717, 1.165) is 6.08 Å². The van der Waals surface area contributed by atoms with E-state index in [0.29, 0.717) is 11.5 Å². The molecule has 0 saturated carbocycles. The summed E-state index contributed by atoms with van der Waals surface area (Å²) in [5.41, 5.74) is -0.498. The lowest BCUT2D eigenvalue weighted by Gasteiger charge is -2.13. The quantitative estimate of drug-likeness (QED) is 0.539. The largest absolute Gasteiger partial charge is 0.412 e. The van der Waals surface area contributed by atoms with Crippen molar-refractivity contribution in [2.45, 2.75) is 19.0 Å². The Labute approximate surface area is 67.3 Å². The molecule has 4 heteroatoms. The van der Waals surface area contributed by atoms with E-state index in [1.54, 1.807) is 0 Å². The molecule has 1 rings (SSSR count). The molecule has 0 saturated heterocycles. The van der Waals surface area contributed by atoms with Crippen LogP contribution in [-0.2, 0) is 0 Å². The Balaban J connectivity index is 2.77. The van der Waals surface area contributed by atoms with E-state index in [4.69, 9.17) is 11.6 Å². The van der Waals surface area contributed by atoms with Gasteiger partial charge in [-0.1, -0.05) is 17.7 Å². The molecule has 0 spiro atoms. The predicted molar refractivity (Wildman–Crippen MR) is 37.3 cm³/mol. The molecule has 0 N–H and O–H groups in total. The summed E-state index contributed by atoms with van der Waals surface area (Å²) in [5.74, 6) is 0. The Kier molecular flexibility index (Phi) is 2.28. The average molecular weight is 183 g/mol. The number of hydrogen-bond donors (Lipinski definition) is 0. The van der Waals surface area contributed by atoms with Crippen molar-refractivity contribution >= 4 is 11.6 Å². The molecule has 0 aromatic heterocycles. The minimum atomic E-state index is -4.19. The minimum Gasteiger partial charge on any atom is -0.166 e. The number of allylic oxidation sites excluding steroid dienone is 4. The smallest absolute Gasteiger partial charge is 0.166 e. The third kappa shape index (κ3) is 2.26. The number of rotatable bonds is 0. The van der Waals surface area contributed by atoms with Gasteiger partial charge in [-0.25, -0.2) is 0 Å². The summed E-state index contributed by atoms with van der Waals surface area (Å²) in [4.78, 5) is 0. The van der Waals surface area contributed by atoms with Crippen LogP contribution in [0.1, 0.15) is 12.8 Å². The van der Waals surface area contributed by atoms with Gasteiger partial charge in [0.1, 0.15) is 0 Å². The maximum atomic E-state index is 11.9. The van der Waals surface area contributed by atoms with Crippen molar-refractivity contribution < 1.29 is 13.2 Å². The van der Waals surface area contributed by atoms with Crippen molar-refractivity contribution in [2.24, 2.45) is 0 Å². The van der Waals surface area contributed by atoms with Crippen molar-refractivity contribution in [2.75, 3.05) is 0 Å². The Morgan fingerprint density at radius 1 is 1.18 bits per heavy atom. The summed E-state index contributed by atoms with van der Waals surface area (Å²) >= 11 is 5.48. The van der Waals surface area contributed by atoms with Gasteiger partial charge in [0.05, 0.1) is 0 Å². The van der Waals surface area contributed by atoms with Gasteiger partial charge in [-0.05, 0) is 18.9 Å². The van der Waals surface area contributed by atoms with Crippen molar-refractivity contribution in [3.8, 4) is 0 Å². The zero-order valence-corrected chi connectivity index (χ0v) is 6.34. The van der Waals surface area contributed by atoms with Crippen LogP contribution in [0.4, 0.5) is 13.2 Å². The topological polar surface area (TPSA) is 0 Å². The summed E-state index contributed by atoms with van der Waals surface area (Å²) in [6.45, 7) is 0. The molecule has 0 amide bonds. The van der Waals surface area contributed by atoms with Gasteiger partial charge in [0.15, 0.2) is 0 Å². The first-order valence-corrected chi connectivity index (χ1v) is 3.50. The van der Waals surface area contributed by atoms with Crippen LogP contribution in [0.3, 0.4) is 0 Å². The normalized spacial score (nSPS) is 19.3. The van der Waals surface area contributed by atoms with Gasteiger partial charge in [-0.2, -0.15) is 13.2 Å². The molecule has 0 bridgehead atoms. The van der Waals surface area contributed by atoms with E-state index in [1.807, 2.05) is 0 Å². The van der Waals surface area contributed by atoms with Crippen LogP contribution in [0.2, 0.25) is 0 Å². The second-order valence-electron chi connectivity index (χ2n) is 2.30. The zero-order chi connectivity index (χ0) is 8.48. The first-order chi connectivity index (χ1) is 5.00. The van der Waals surface area contributed by atoms with Crippen LogP contribution in [-0.4, -0.2) is 6.18 Å². The molecule has 0 aromatic rings. The predicted octanol–water partition coefficient (Wildman–Crippen LogP) is 3.39. The fraction of sp³-hybridized carbons (Fsp3) is 0.429. The summed E-state index contributed by atoms with van der Waals surface area (Å²) in [6.07, 6.45) is -1.56. The molecule has 0 heterocycles. The van der Waals surface area contributed by atoms with E-state index < -0.39 is 11.7 Å². The van der Waals surface area contributed by atoms with Crippen LogP contribution in [0.5, 0.6) is 0 Å². The fourth-order valence-corrected chi connectivity index (χ4v) is 1.01. The molecule has 0 fully saturated rings. The lowest BCUT2D eigenvalue weighted by Crippen LogP contribution is -2.12. The second kappa shape index (κ2) is 2.89. The van der Waals surface area contributed by atoms with Crippen LogP contribution in [0.25, 0.3) is 0 Å². The molecule has 11 heavy (non-hydrogen) atoms. The second-order valence-corrected chi connectivity index (χ2v) is 2.79. The van der Waals surface area contributed by atoms with Crippen LogP contribution < -0.4 is 0 Å². The van der Waals surface area contributed by atoms with Crippen molar-refractivity contribution in [1.82, 2.24) is 0 Å². The summed E-state index contributed by atoms with van der Waals surface area (Å²) in [6, 6.07) is 0. The van der Waals surface area contributed by atoms with Gasteiger partial charge in [0, 0.05) is 10.6 Å². The summed E-state index contributed by atoms with van der Waals surface area (Å²) in [7, 11) is 0. The van der Waals surface area contributed by atoms with E-state index in [-0.39, 0.29) is 6.42 Å². The molecule has 62 valence electrons.